The first kappa shape index (κ1) is 15.5. The van der Waals surface area contributed by atoms with Crippen molar-refractivity contribution in [2.24, 2.45) is 5.73 Å². The summed E-state index contributed by atoms with van der Waals surface area (Å²) in [6, 6.07) is 7.74. The van der Waals surface area contributed by atoms with Crippen molar-refractivity contribution in [2.45, 2.75) is 20.0 Å². The zero-order valence-electron chi connectivity index (χ0n) is 12.2. The number of aromatic nitrogens is 1. The molecule has 21 heavy (non-hydrogen) atoms. The number of nitrogens with zero attached hydrogens (tertiary/aromatic N) is 2. The van der Waals surface area contributed by atoms with E-state index in [1.165, 1.54) is 11.3 Å². The van der Waals surface area contributed by atoms with Gasteiger partial charge in [0.05, 0.1) is 6.61 Å². The predicted molar refractivity (Wildman–Crippen MR) is 83.4 cm³/mol. The molecule has 0 spiro atoms. The topological polar surface area (TPSA) is 68.5 Å². The molecule has 112 valence electrons. The van der Waals surface area contributed by atoms with E-state index in [1.54, 1.807) is 17.3 Å². The van der Waals surface area contributed by atoms with Crippen LogP contribution in [-0.4, -0.2) is 29.4 Å². The number of ether oxygens (including phenoxy) is 1. The Morgan fingerprint density at radius 2 is 2.10 bits per heavy atom. The molecule has 0 unspecified atom stereocenters. The van der Waals surface area contributed by atoms with Gasteiger partial charge in [0, 0.05) is 25.5 Å². The summed E-state index contributed by atoms with van der Waals surface area (Å²) >= 11 is 1.41. The van der Waals surface area contributed by atoms with Gasteiger partial charge in [-0.3, -0.25) is 4.79 Å². The normalized spacial score (nSPS) is 10.4. The molecule has 1 aromatic carbocycles. The summed E-state index contributed by atoms with van der Waals surface area (Å²) in [5.74, 6) is 0.738. The summed E-state index contributed by atoms with van der Waals surface area (Å²) in [7, 11) is 1.76. The van der Waals surface area contributed by atoms with Crippen LogP contribution >= 0.6 is 11.3 Å². The van der Waals surface area contributed by atoms with Crippen molar-refractivity contribution in [2.75, 3.05) is 13.7 Å². The van der Waals surface area contributed by atoms with Gasteiger partial charge in [0.15, 0.2) is 0 Å². The number of benzene rings is 1. The highest BCUT2D eigenvalue weighted by Gasteiger charge is 2.15. The number of hydrogen-bond donors (Lipinski definition) is 1. The van der Waals surface area contributed by atoms with Crippen molar-refractivity contribution in [3.8, 4) is 5.75 Å². The average molecular weight is 305 g/mol. The van der Waals surface area contributed by atoms with Gasteiger partial charge in [-0.25, -0.2) is 4.98 Å². The first-order valence-corrected chi connectivity index (χ1v) is 7.63. The molecule has 1 heterocycles. The Bertz CT molecular complexity index is 595. The summed E-state index contributed by atoms with van der Waals surface area (Å²) in [5, 5.41) is 2.52. The zero-order chi connectivity index (χ0) is 15.2. The summed E-state index contributed by atoms with van der Waals surface area (Å²) in [6.07, 6.45) is 0. The van der Waals surface area contributed by atoms with E-state index in [2.05, 4.69) is 4.98 Å². The third kappa shape index (κ3) is 4.03. The van der Waals surface area contributed by atoms with Gasteiger partial charge in [-0.15, -0.1) is 11.3 Å². The van der Waals surface area contributed by atoms with Crippen molar-refractivity contribution in [1.82, 2.24) is 9.88 Å². The lowest BCUT2D eigenvalue weighted by Crippen LogP contribution is -2.26. The smallest absolute Gasteiger partial charge is 0.273 e. The van der Waals surface area contributed by atoms with E-state index in [-0.39, 0.29) is 5.91 Å². The van der Waals surface area contributed by atoms with Gasteiger partial charge in [-0.1, -0.05) is 12.1 Å². The molecule has 5 nitrogen and oxygen atoms in total. The van der Waals surface area contributed by atoms with Crippen molar-refractivity contribution in [3.05, 3.63) is 45.9 Å². The highest BCUT2D eigenvalue weighted by molar-refractivity contribution is 7.09. The number of carbonyl (C=O) groups excluding carboxylic acids is 1. The van der Waals surface area contributed by atoms with Crippen molar-refractivity contribution < 1.29 is 9.53 Å². The zero-order valence-corrected chi connectivity index (χ0v) is 13.0. The van der Waals surface area contributed by atoms with Gasteiger partial charge in [0.2, 0.25) is 0 Å². The van der Waals surface area contributed by atoms with Crippen LogP contribution < -0.4 is 10.5 Å². The number of rotatable bonds is 6. The van der Waals surface area contributed by atoms with Crippen LogP contribution in [0.5, 0.6) is 5.75 Å². The van der Waals surface area contributed by atoms with Crippen LogP contribution in [0.15, 0.2) is 29.6 Å². The monoisotopic (exact) mass is 305 g/mol. The minimum atomic E-state index is -0.0974. The molecular weight excluding hydrogens is 286 g/mol. The Morgan fingerprint density at radius 3 is 2.67 bits per heavy atom. The van der Waals surface area contributed by atoms with Gasteiger partial charge >= 0.3 is 0 Å². The van der Waals surface area contributed by atoms with Crippen LogP contribution in [0.2, 0.25) is 0 Å². The number of nitrogens with two attached hydrogens (primary N) is 1. The van der Waals surface area contributed by atoms with Crippen molar-refractivity contribution >= 4 is 17.2 Å². The molecule has 2 rings (SSSR count). The molecular formula is C15H19N3O2S. The molecule has 0 bridgehead atoms. The lowest BCUT2D eigenvalue weighted by atomic mass is 10.2. The van der Waals surface area contributed by atoms with E-state index in [9.17, 15) is 4.79 Å². The number of hydrogen-bond acceptors (Lipinski definition) is 5. The van der Waals surface area contributed by atoms with Crippen molar-refractivity contribution in [3.63, 3.8) is 0 Å². The molecule has 0 saturated heterocycles. The van der Waals surface area contributed by atoms with Crippen LogP contribution in [0.1, 0.15) is 28.0 Å². The third-order valence-corrected chi connectivity index (χ3v) is 3.82. The fourth-order valence-electron chi connectivity index (χ4n) is 1.90. The molecule has 1 amide bonds. The lowest BCUT2D eigenvalue weighted by Gasteiger charge is -2.16. The number of thiazole rings is 1. The Labute approximate surface area is 128 Å². The quantitative estimate of drug-likeness (QED) is 0.889. The van der Waals surface area contributed by atoms with Crippen LogP contribution in [0, 0.1) is 0 Å². The molecule has 0 atom stereocenters. The van der Waals surface area contributed by atoms with Crippen molar-refractivity contribution in [1.29, 1.82) is 0 Å². The van der Waals surface area contributed by atoms with E-state index in [4.69, 9.17) is 10.5 Å². The van der Waals surface area contributed by atoms with Gasteiger partial charge < -0.3 is 15.4 Å². The highest BCUT2D eigenvalue weighted by atomic mass is 32.1. The third-order valence-electron chi connectivity index (χ3n) is 2.95. The molecule has 1 aromatic heterocycles. The summed E-state index contributed by atoms with van der Waals surface area (Å²) in [5.41, 5.74) is 7.01. The molecule has 0 aliphatic heterocycles. The SMILES string of the molecule is CCOc1ccc(CN(C)C(=O)c2csc(CN)n2)cc1. The molecule has 6 heteroatoms. The Hall–Kier alpha value is -1.92. The largest absolute Gasteiger partial charge is 0.494 e. The van der Waals surface area contributed by atoms with Crippen LogP contribution in [0.3, 0.4) is 0 Å². The van der Waals surface area contributed by atoms with E-state index < -0.39 is 0 Å². The maximum atomic E-state index is 12.3. The first-order valence-electron chi connectivity index (χ1n) is 6.75. The fourth-order valence-corrected chi connectivity index (χ4v) is 2.55. The maximum absolute atomic E-state index is 12.3. The molecule has 0 radical (unpaired) electrons. The Balaban J connectivity index is 1.99. The molecule has 0 saturated carbocycles. The Kier molecular flexibility index (Phi) is 5.30. The van der Waals surface area contributed by atoms with E-state index >= 15 is 0 Å². The van der Waals surface area contributed by atoms with E-state index in [1.807, 2.05) is 31.2 Å². The maximum Gasteiger partial charge on any atom is 0.273 e. The molecule has 2 aromatic rings. The number of carbonyl (C=O) groups is 1. The van der Waals surface area contributed by atoms with E-state index in [0.717, 1.165) is 16.3 Å². The van der Waals surface area contributed by atoms with Gasteiger partial charge in [-0.2, -0.15) is 0 Å². The molecule has 0 fully saturated rings. The van der Waals surface area contributed by atoms with Gasteiger partial charge in [0.25, 0.3) is 5.91 Å². The summed E-state index contributed by atoms with van der Waals surface area (Å²) < 4.78 is 5.40. The summed E-state index contributed by atoms with van der Waals surface area (Å²) in [4.78, 5) is 18.1. The predicted octanol–water partition coefficient (Wildman–Crippen LogP) is 2.27. The van der Waals surface area contributed by atoms with Gasteiger partial charge in [-0.05, 0) is 24.6 Å². The van der Waals surface area contributed by atoms with Gasteiger partial charge in [0.1, 0.15) is 16.5 Å². The second-order valence-electron chi connectivity index (χ2n) is 4.57. The average Bonchev–Trinajstić information content (AvgIpc) is 2.97. The Morgan fingerprint density at radius 1 is 1.38 bits per heavy atom. The lowest BCUT2D eigenvalue weighted by molar-refractivity contribution is 0.0780. The number of amides is 1. The van der Waals surface area contributed by atoms with Crippen LogP contribution in [0.25, 0.3) is 0 Å². The minimum absolute atomic E-state index is 0.0974. The molecule has 0 aliphatic carbocycles. The summed E-state index contributed by atoms with van der Waals surface area (Å²) in [6.45, 7) is 3.48. The molecule has 2 N–H and O–H groups in total. The standard InChI is InChI=1S/C15H19N3O2S/c1-3-20-12-6-4-11(5-7-12)9-18(2)15(19)13-10-21-14(8-16)17-13/h4-7,10H,3,8-9,16H2,1-2H3. The fraction of sp³-hybridized carbons (Fsp3) is 0.333. The molecule has 0 aliphatic rings. The second-order valence-corrected chi connectivity index (χ2v) is 5.51. The highest BCUT2D eigenvalue weighted by Crippen LogP contribution is 2.15. The van der Waals surface area contributed by atoms with Crippen LogP contribution in [0.4, 0.5) is 0 Å². The second kappa shape index (κ2) is 7.19. The minimum Gasteiger partial charge on any atom is -0.494 e. The van der Waals surface area contributed by atoms with Crippen LogP contribution in [-0.2, 0) is 13.1 Å². The van der Waals surface area contributed by atoms with E-state index in [0.29, 0.717) is 25.4 Å². The first-order chi connectivity index (χ1) is 10.1.